The van der Waals surface area contributed by atoms with Crippen LogP contribution in [0.25, 0.3) is 0 Å². The summed E-state index contributed by atoms with van der Waals surface area (Å²) in [5.41, 5.74) is -0.138. The molecule has 0 unspecified atom stereocenters. The summed E-state index contributed by atoms with van der Waals surface area (Å²) in [4.78, 5) is 9.82. The van der Waals surface area contributed by atoms with E-state index < -0.39 is 28.0 Å². The second-order valence-electron chi connectivity index (χ2n) is 2.68. The maximum atomic E-state index is 11.9. The molecule has 0 radical (unpaired) electrons. The standard InChI is InChI=1S/C8H6ClF2NO3/c1-4-2-3-5(15-8(10)11)6(9)7(4)12(13)14/h2-3,8H,1H3. The first-order chi connectivity index (χ1) is 6.93. The first-order valence-corrected chi connectivity index (χ1v) is 4.19. The summed E-state index contributed by atoms with van der Waals surface area (Å²) in [6.07, 6.45) is 0. The van der Waals surface area contributed by atoms with Crippen LogP contribution >= 0.6 is 11.6 Å². The number of nitro groups is 1. The smallest absolute Gasteiger partial charge is 0.387 e. The van der Waals surface area contributed by atoms with Crippen LogP contribution in [0.4, 0.5) is 14.5 Å². The molecule has 0 saturated carbocycles. The minimum Gasteiger partial charge on any atom is -0.433 e. The fourth-order valence-corrected chi connectivity index (χ4v) is 1.38. The zero-order chi connectivity index (χ0) is 11.6. The van der Waals surface area contributed by atoms with E-state index in [1.54, 1.807) is 0 Å². The molecule has 0 aliphatic carbocycles. The number of benzene rings is 1. The Morgan fingerprint density at radius 3 is 2.60 bits per heavy atom. The molecule has 0 atom stereocenters. The third-order valence-corrected chi connectivity index (χ3v) is 2.05. The van der Waals surface area contributed by atoms with Crippen LogP contribution in [0, 0.1) is 17.0 Å². The Labute approximate surface area is 88.6 Å². The molecule has 0 aliphatic heterocycles. The summed E-state index contributed by atoms with van der Waals surface area (Å²) in [7, 11) is 0. The van der Waals surface area contributed by atoms with Crippen molar-refractivity contribution in [2.75, 3.05) is 0 Å². The maximum absolute atomic E-state index is 11.9. The number of rotatable bonds is 3. The second kappa shape index (κ2) is 4.39. The summed E-state index contributed by atoms with van der Waals surface area (Å²) in [5.74, 6) is -0.399. The molecular formula is C8H6ClF2NO3. The molecule has 1 rings (SSSR count). The van der Waals surface area contributed by atoms with Gasteiger partial charge in [-0.05, 0) is 19.1 Å². The summed E-state index contributed by atoms with van der Waals surface area (Å²) in [6, 6.07) is 2.46. The van der Waals surface area contributed by atoms with E-state index in [0.717, 1.165) is 6.07 Å². The highest BCUT2D eigenvalue weighted by molar-refractivity contribution is 6.34. The zero-order valence-corrected chi connectivity index (χ0v) is 8.29. The Hall–Kier alpha value is -1.43. The number of hydrogen-bond donors (Lipinski definition) is 0. The average Bonchev–Trinajstić information content (AvgIpc) is 2.09. The molecule has 0 saturated heterocycles. The Kier molecular flexibility index (Phi) is 3.41. The number of halogens is 3. The highest BCUT2D eigenvalue weighted by Crippen LogP contribution is 2.36. The zero-order valence-electron chi connectivity index (χ0n) is 7.54. The van der Waals surface area contributed by atoms with Gasteiger partial charge < -0.3 is 4.74 Å². The van der Waals surface area contributed by atoms with E-state index in [-0.39, 0.29) is 5.56 Å². The maximum Gasteiger partial charge on any atom is 0.387 e. The van der Waals surface area contributed by atoms with Crippen molar-refractivity contribution in [2.24, 2.45) is 0 Å². The molecule has 82 valence electrons. The monoisotopic (exact) mass is 237 g/mol. The number of nitrogens with zero attached hydrogens (tertiary/aromatic N) is 1. The minimum atomic E-state index is -3.06. The molecule has 15 heavy (non-hydrogen) atoms. The van der Waals surface area contributed by atoms with E-state index >= 15 is 0 Å². The van der Waals surface area contributed by atoms with Gasteiger partial charge in [-0.3, -0.25) is 10.1 Å². The van der Waals surface area contributed by atoms with Gasteiger partial charge in [0.2, 0.25) is 0 Å². The van der Waals surface area contributed by atoms with Crippen LogP contribution < -0.4 is 4.74 Å². The third kappa shape index (κ3) is 2.53. The first kappa shape index (κ1) is 11.6. The van der Waals surface area contributed by atoms with Crippen molar-refractivity contribution in [3.05, 3.63) is 32.8 Å². The summed E-state index contributed by atoms with van der Waals surface area (Å²) in [5, 5.41) is 10.1. The van der Waals surface area contributed by atoms with Crippen molar-refractivity contribution >= 4 is 17.3 Å². The van der Waals surface area contributed by atoms with Gasteiger partial charge in [0.1, 0.15) is 0 Å². The SMILES string of the molecule is Cc1ccc(OC(F)F)c(Cl)c1[N+](=O)[O-]. The van der Waals surface area contributed by atoms with E-state index in [1.807, 2.05) is 0 Å². The quantitative estimate of drug-likeness (QED) is 0.599. The molecule has 0 aliphatic rings. The Bertz CT molecular complexity index is 398. The first-order valence-electron chi connectivity index (χ1n) is 3.81. The van der Waals surface area contributed by atoms with E-state index in [4.69, 9.17) is 11.6 Å². The van der Waals surface area contributed by atoms with E-state index in [0.29, 0.717) is 0 Å². The van der Waals surface area contributed by atoms with Crippen LogP contribution in [-0.4, -0.2) is 11.5 Å². The Morgan fingerprint density at radius 2 is 2.13 bits per heavy atom. The Balaban J connectivity index is 3.22. The largest absolute Gasteiger partial charge is 0.433 e. The highest BCUT2D eigenvalue weighted by atomic mass is 35.5. The van der Waals surface area contributed by atoms with Gasteiger partial charge in [0, 0.05) is 5.56 Å². The van der Waals surface area contributed by atoms with Crippen LogP contribution in [0.2, 0.25) is 5.02 Å². The normalized spacial score (nSPS) is 10.5. The molecule has 7 heteroatoms. The molecular weight excluding hydrogens is 232 g/mol. The number of alkyl halides is 2. The predicted molar refractivity (Wildman–Crippen MR) is 49.5 cm³/mol. The van der Waals surface area contributed by atoms with Gasteiger partial charge in [-0.2, -0.15) is 8.78 Å². The molecule has 4 nitrogen and oxygen atoms in total. The lowest BCUT2D eigenvalue weighted by atomic mass is 10.2. The van der Waals surface area contributed by atoms with Crippen molar-refractivity contribution in [1.29, 1.82) is 0 Å². The van der Waals surface area contributed by atoms with Crippen molar-refractivity contribution < 1.29 is 18.4 Å². The van der Waals surface area contributed by atoms with Crippen LogP contribution in [0.3, 0.4) is 0 Å². The molecule has 0 fully saturated rings. The molecule has 0 N–H and O–H groups in total. The number of nitro benzene ring substituents is 1. The molecule has 0 spiro atoms. The molecule has 0 heterocycles. The minimum absolute atomic E-state index is 0.284. The van der Waals surface area contributed by atoms with Crippen LogP contribution in [0.1, 0.15) is 5.56 Å². The molecule has 0 bridgehead atoms. The lowest BCUT2D eigenvalue weighted by Crippen LogP contribution is -2.04. The fourth-order valence-electron chi connectivity index (χ4n) is 1.05. The van der Waals surface area contributed by atoms with Gasteiger partial charge in [0.15, 0.2) is 10.8 Å². The van der Waals surface area contributed by atoms with Gasteiger partial charge in [0.25, 0.3) is 5.69 Å². The van der Waals surface area contributed by atoms with Crippen molar-refractivity contribution in [3.8, 4) is 5.75 Å². The lowest BCUT2D eigenvalue weighted by molar-refractivity contribution is -0.385. The average molecular weight is 238 g/mol. The van der Waals surface area contributed by atoms with Gasteiger partial charge in [-0.25, -0.2) is 0 Å². The van der Waals surface area contributed by atoms with Gasteiger partial charge in [0.05, 0.1) is 4.92 Å². The van der Waals surface area contributed by atoms with Gasteiger partial charge in [-0.1, -0.05) is 11.6 Å². The number of hydrogen-bond acceptors (Lipinski definition) is 3. The van der Waals surface area contributed by atoms with Crippen molar-refractivity contribution in [2.45, 2.75) is 13.5 Å². The third-order valence-electron chi connectivity index (χ3n) is 1.68. The Morgan fingerprint density at radius 1 is 1.53 bits per heavy atom. The van der Waals surface area contributed by atoms with Gasteiger partial charge in [-0.15, -0.1) is 0 Å². The van der Waals surface area contributed by atoms with E-state index in [1.165, 1.54) is 13.0 Å². The van der Waals surface area contributed by atoms with E-state index in [2.05, 4.69) is 4.74 Å². The highest BCUT2D eigenvalue weighted by Gasteiger charge is 2.21. The molecule has 1 aromatic rings. The lowest BCUT2D eigenvalue weighted by Gasteiger charge is -2.07. The number of ether oxygens (including phenoxy) is 1. The van der Waals surface area contributed by atoms with E-state index in [9.17, 15) is 18.9 Å². The van der Waals surface area contributed by atoms with Crippen LogP contribution in [0.5, 0.6) is 5.75 Å². The molecule has 0 amide bonds. The molecule has 1 aromatic carbocycles. The van der Waals surface area contributed by atoms with Crippen molar-refractivity contribution in [3.63, 3.8) is 0 Å². The number of aryl methyl sites for hydroxylation is 1. The van der Waals surface area contributed by atoms with Crippen molar-refractivity contribution in [1.82, 2.24) is 0 Å². The second-order valence-corrected chi connectivity index (χ2v) is 3.06. The fraction of sp³-hybridized carbons (Fsp3) is 0.250. The molecule has 0 aromatic heterocycles. The van der Waals surface area contributed by atoms with Crippen LogP contribution in [-0.2, 0) is 0 Å². The summed E-state index contributed by atoms with van der Waals surface area (Å²) < 4.78 is 27.8. The topological polar surface area (TPSA) is 52.4 Å². The van der Waals surface area contributed by atoms with Gasteiger partial charge >= 0.3 is 6.61 Å². The van der Waals surface area contributed by atoms with Crippen LogP contribution in [0.15, 0.2) is 12.1 Å². The predicted octanol–water partition coefficient (Wildman–Crippen LogP) is 3.16. The summed E-state index contributed by atoms with van der Waals surface area (Å²) in [6.45, 7) is -1.61. The summed E-state index contributed by atoms with van der Waals surface area (Å²) >= 11 is 5.55.